The summed E-state index contributed by atoms with van der Waals surface area (Å²) in [6, 6.07) is 35.2. The third-order valence-corrected chi connectivity index (χ3v) is 10.5. The van der Waals surface area contributed by atoms with Gasteiger partial charge in [0, 0.05) is 12.5 Å². The van der Waals surface area contributed by atoms with Crippen LogP contribution in [0.3, 0.4) is 0 Å². The third kappa shape index (κ3) is 18.7. The molecule has 5 aromatic carbocycles. The van der Waals surface area contributed by atoms with Gasteiger partial charge in [-0.3, -0.25) is 0 Å². The molecule has 312 valence electrons. The zero-order chi connectivity index (χ0) is 42.6. The maximum Gasteiger partial charge on any atom is 0.416 e. The van der Waals surface area contributed by atoms with Crippen LogP contribution < -0.4 is 0 Å². The second kappa shape index (κ2) is 23.9. The van der Waals surface area contributed by atoms with E-state index in [4.69, 9.17) is 5.11 Å². The molecule has 0 spiro atoms. The number of phenols is 1. The van der Waals surface area contributed by atoms with Gasteiger partial charge in [0.1, 0.15) is 5.75 Å². The van der Waals surface area contributed by atoms with E-state index in [1.54, 1.807) is 19.1 Å². The zero-order valence-corrected chi connectivity index (χ0v) is 35.8. The minimum absolute atomic E-state index is 0.291. The summed E-state index contributed by atoms with van der Waals surface area (Å²) in [4.78, 5) is 0. The lowest BCUT2D eigenvalue weighted by Gasteiger charge is -2.36. The molecule has 1 fully saturated rings. The lowest BCUT2D eigenvalue weighted by molar-refractivity contribution is -0.137. The van der Waals surface area contributed by atoms with Gasteiger partial charge in [-0.1, -0.05) is 165 Å². The number of aromatic hydroxyl groups is 1. The van der Waals surface area contributed by atoms with Crippen LogP contribution in [0.4, 0.5) is 22.0 Å². The standard InChI is InChI=1S/C12H13F5.C12H12.C12H24.C8H10O.C7H8/c1-3-4-8-5-9(11(2,13)14)7-10(6-8)12(15,16)17;1-2-10-7-8-11-5-3-4-6-12(11)9-10;1-5-10-6-8-11(9-7-10)12(2,3)4;1-2-7-3-5-8(9)6-4-7;1-7-5-3-2-4-6-7/h5-7H,3-4H2,1-2H3;3-9H,2H2,1H3;10-11H,5-9H2,1-4H3;3-6,9H,2H2,1H3;2-6H,1H3. The molecular weight excluding hydrogens is 724 g/mol. The predicted molar refractivity (Wildman–Crippen MR) is 232 cm³/mol. The third-order valence-electron chi connectivity index (χ3n) is 10.5. The Morgan fingerprint density at radius 2 is 1.09 bits per heavy atom. The lowest BCUT2D eigenvalue weighted by Crippen LogP contribution is -2.25. The number of aryl methyl sites for hydroxylation is 4. The number of fused-ring (bicyclic) bond motifs is 1. The van der Waals surface area contributed by atoms with Crippen molar-refractivity contribution in [2.24, 2.45) is 17.3 Å². The first-order valence-corrected chi connectivity index (χ1v) is 20.7. The molecule has 0 amide bonds. The molecule has 0 atom stereocenters. The van der Waals surface area contributed by atoms with Gasteiger partial charge in [0.05, 0.1) is 5.56 Å². The van der Waals surface area contributed by atoms with Crippen LogP contribution in [0.25, 0.3) is 10.8 Å². The van der Waals surface area contributed by atoms with Gasteiger partial charge >= 0.3 is 6.18 Å². The van der Waals surface area contributed by atoms with Gasteiger partial charge in [0.25, 0.3) is 5.92 Å². The van der Waals surface area contributed by atoms with E-state index in [9.17, 15) is 22.0 Å². The molecule has 1 nitrogen and oxygen atoms in total. The maximum absolute atomic E-state index is 13.1. The SMILES string of the molecule is CCC1CCC(C(C)(C)C)CC1.CCCc1cc(C(C)(F)F)cc(C(F)(F)F)c1.CCc1ccc(O)cc1.CCc1ccc2ccccc2c1.Cc1ccccc1. The largest absolute Gasteiger partial charge is 0.508 e. The predicted octanol–water partition coefficient (Wildman–Crippen LogP) is 16.4. The highest BCUT2D eigenvalue weighted by Crippen LogP contribution is 2.40. The molecule has 57 heavy (non-hydrogen) atoms. The van der Waals surface area contributed by atoms with Crippen molar-refractivity contribution in [2.45, 2.75) is 132 Å². The highest BCUT2D eigenvalue weighted by atomic mass is 19.4. The van der Waals surface area contributed by atoms with Crippen molar-refractivity contribution >= 4 is 10.8 Å². The van der Waals surface area contributed by atoms with E-state index >= 15 is 0 Å². The first-order chi connectivity index (χ1) is 26.8. The number of phenolic OH excluding ortho intramolecular Hbond substituents is 1. The van der Waals surface area contributed by atoms with E-state index in [1.165, 1.54) is 59.6 Å². The summed E-state index contributed by atoms with van der Waals surface area (Å²) in [5.41, 5.74) is 3.23. The molecule has 0 saturated heterocycles. The molecule has 1 N–H and O–H groups in total. The van der Waals surface area contributed by atoms with Crippen molar-refractivity contribution in [1.82, 2.24) is 0 Å². The van der Waals surface area contributed by atoms with Crippen LogP contribution in [0, 0.1) is 24.2 Å². The molecule has 6 rings (SSSR count). The van der Waals surface area contributed by atoms with Gasteiger partial charge in [-0.2, -0.15) is 13.2 Å². The summed E-state index contributed by atoms with van der Waals surface area (Å²) in [6.45, 7) is 18.2. The van der Waals surface area contributed by atoms with E-state index < -0.39 is 23.2 Å². The van der Waals surface area contributed by atoms with Crippen molar-refractivity contribution < 1.29 is 27.1 Å². The van der Waals surface area contributed by atoms with Crippen LogP contribution in [0.5, 0.6) is 5.75 Å². The molecule has 0 heterocycles. The molecule has 0 bridgehead atoms. The summed E-state index contributed by atoms with van der Waals surface area (Å²) in [5.74, 6) is -0.889. The normalized spacial score (nSPS) is 15.3. The van der Waals surface area contributed by atoms with Crippen molar-refractivity contribution in [3.63, 3.8) is 0 Å². The molecule has 0 aromatic heterocycles. The first-order valence-electron chi connectivity index (χ1n) is 20.7. The number of hydrogen-bond acceptors (Lipinski definition) is 1. The fourth-order valence-electron chi connectivity index (χ4n) is 6.70. The summed E-state index contributed by atoms with van der Waals surface area (Å²) in [6.07, 6.45) is 5.83. The molecular formula is C51H67F5O. The maximum atomic E-state index is 13.1. The number of rotatable bonds is 6. The van der Waals surface area contributed by atoms with Crippen LogP contribution in [0.2, 0.25) is 0 Å². The Bertz CT molecular complexity index is 1790. The summed E-state index contributed by atoms with van der Waals surface area (Å²) in [5, 5.41) is 11.5. The minimum Gasteiger partial charge on any atom is -0.508 e. The van der Waals surface area contributed by atoms with Gasteiger partial charge in [-0.05, 0) is 114 Å². The Morgan fingerprint density at radius 1 is 0.561 bits per heavy atom. The van der Waals surface area contributed by atoms with Crippen molar-refractivity contribution in [3.8, 4) is 5.75 Å². The first kappa shape index (κ1) is 49.0. The van der Waals surface area contributed by atoms with Crippen LogP contribution in [-0.2, 0) is 31.4 Å². The van der Waals surface area contributed by atoms with Crippen molar-refractivity contribution in [3.05, 3.63) is 149 Å². The minimum atomic E-state index is -4.59. The Labute approximate surface area is 340 Å². The Balaban J connectivity index is 0.000000253. The Kier molecular flexibility index (Phi) is 20.5. The second-order valence-corrected chi connectivity index (χ2v) is 16.3. The fourth-order valence-corrected chi connectivity index (χ4v) is 6.70. The number of benzene rings is 5. The van der Waals surface area contributed by atoms with Crippen molar-refractivity contribution in [1.29, 1.82) is 0 Å². The van der Waals surface area contributed by atoms with E-state index in [-0.39, 0.29) is 0 Å². The van der Waals surface area contributed by atoms with Gasteiger partial charge < -0.3 is 5.11 Å². The molecule has 6 heteroatoms. The molecule has 0 aliphatic heterocycles. The number of hydrogen-bond donors (Lipinski definition) is 1. The molecule has 5 aromatic rings. The highest BCUT2D eigenvalue weighted by Gasteiger charge is 2.34. The molecule has 1 aliphatic rings. The fraction of sp³-hybridized carbons (Fsp3) is 0.451. The molecule has 1 saturated carbocycles. The zero-order valence-electron chi connectivity index (χ0n) is 35.8. The van der Waals surface area contributed by atoms with Crippen LogP contribution in [-0.4, -0.2) is 5.11 Å². The Hall–Kier alpha value is -4.19. The summed E-state index contributed by atoms with van der Waals surface area (Å²) < 4.78 is 63.7. The van der Waals surface area contributed by atoms with E-state index in [2.05, 4.69) is 103 Å². The smallest absolute Gasteiger partial charge is 0.416 e. The molecule has 1 aliphatic carbocycles. The average molecular weight is 791 g/mol. The molecule has 0 radical (unpaired) electrons. The van der Waals surface area contributed by atoms with Gasteiger partial charge in [0.15, 0.2) is 0 Å². The summed E-state index contributed by atoms with van der Waals surface area (Å²) in [7, 11) is 0. The van der Waals surface area contributed by atoms with Gasteiger partial charge in [0.2, 0.25) is 0 Å². The Morgan fingerprint density at radius 3 is 1.54 bits per heavy atom. The highest BCUT2D eigenvalue weighted by molar-refractivity contribution is 5.82. The van der Waals surface area contributed by atoms with Crippen LogP contribution in [0.1, 0.15) is 127 Å². The average Bonchev–Trinajstić information content (AvgIpc) is 3.18. The van der Waals surface area contributed by atoms with E-state index in [1.807, 2.05) is 30.3 Å². The quantitative estimate of drug-likeness (QED) is 0.170. The molecule has 0 unspecified atom stereocenters. The number of halogens is 5. The topological polar surface area (TPSA) is 20.2 Å². The lowest BCUT2D eigenvalue weighted by atomic mass is 9.69. The number of alkyl halides is 5. The van der Waals surface area contributed by atoms with Crippen LogP contribution >= 0.6 is 0 Å². The monoisotopic (exact) mass is 791 g/mol. The van der Waals surface area contributed by atoms with Crippen molar-refractivity contribution in [2.75, 3.05) is 0 Å². The van der Waals surface area contributed by atoms with E-state index in [0.717, 1.165) is 36.8 Å². The summed E-state index contributed by atoms with van der Waals surface area (Å²) >= 11 is 0. The second-order valence-electron chi connectivity index (χ2n) is 16.3. The van der Waals surface area contributed by atoms with Gasteiger partial charge in [-0.25, -0.2) is 8.78 Å². The van der Waals surface area contributed by atoms with Crippen LogP contribution in [0.15, 0.2) is 115 Å². The van der Waals surface area contributed by atoms with E-state index in [0.29, 0.717) is 42.6 Å². The van der Waals surface area contributed by atoms with Gasteiger partial charge in [-0.15, -0.1) is 0 Å².